The van der Waals surface area contributed by atoms with Crippen molar-refractivity contribution in [1.82, 2.24) is 9.38 Å². The molecule has 0 saturated carbocycles. The molecular formula is C14H11ClFN3. The van der Waals surface area contributed by atoms with Crippen molar-refractivity contribution >= 4 is 23.1 Å². The molecule has 3 rings (SSSR count). The Morgan fingerprint density at radius 1 is 1.26 bits per heavy atom. The normalized spacial score (nSPS) is 11.1. The van der Waals surface area contributed by atoms with Crippen molar-refractivity contribution in [2.24, 2.45) is 0 Å². The van der Waals surface area contributed by atoms with Crippen LogP contribution in [0.3, 0.4) is 0 Å². The first-order chi connectivity index (χ1) is 9.06. The number of nitrogen functional groups attached to an aromatic ring is 1. The highest BCUT2D eigenvalue weighted by Crippen LogP contribution is 2.29. The van der Waals surface area contributed by atoms with Crippen molar-refractivity contribution in [3.05, 3.63) is 52.9 Å². The van der Waals surface area contributed by atoms with Gasteiger partial charge in [0.25, 0.3) is 0 Å². The first-order valence-electron chi connectivity index (χ1n) is 5.76. The van der Waals surface area contributed by atoms with Gasteiger partial charge in [-0.1, -0.05) is 23.2 Å². The molecule has 19 heavy (non-hydrogen) atoms. The summed E-state index contributed by atoms with van der Waals surface area (Å²) in [4.78, 5) is 4.36. The van der Waals surface area contributed by atoms with Crippen LogP contribution in [0.25, 0.3) is 16.9 Å². The maximum Gasteiger partial charge on any atom is 0.139 e. The first-order valence-corrected chi connectivity index (χ1v) is 6.13. The van der Waals surface area contributed by atoms with E-state index in [-0.39, 0.29) is 5.82 Å². The number of rotatable bonds is 1. The van der Waals surface area contributed by atoms with Crippen molar-refractivity contribution in [3.8, 4) is 11.3 Å². The lowest BCUT2D eigenvalue weighted by Gasteiger charge is -2.03. The number of anilines is 1. The van der Waals surface area contributed by atoms with E-state index < -0.39 is 0 Å². The van der Waals surface area contributed by atoms with Crippen LogP contribution in [0.2, 0.25) is 5.02 Å². The average Bonchev–Trinajstić information content (AvgIpc) is 2.70. The molecule has 3 aromatic rings. The molecular weight excluding hydrogens is 265 g/mol. The van der Waals surface area contributed by atoms with E-state index >= 15 is 0 Å². The van der Waals surface area contributed by atoms with Gasteiger partial charge in [-0.2, -0.15) is 0 Å². The number of hydrogen-bond donors (Lipinski definition) is 1. The van der Waals surface area contributed by atoms with E-state index in [9.17, 15) is 4.39 Å². The first kappa shape index (κ1) is 12.0. The number of nitrogens with zero attached hydrogens (tertiary/aromatic N) is 2. The SMILES string of the molecule is Cc1ccc(F)c(-c2nc3ccc(Cl)cn3c2N)c1. The molecule has 2 N–H and O–H groups in total. The van der Waals surface area contributed by atoms with E-state index in [1.807, 2.05) is 6.92 Å². The molecule has 0 amide bonds. The molecule has 2 heterocycles. The van der Waals surface area contributed by atoms with Gasteiger partial charge in [0.1, 0.15) is 23.0 Å². The van der Waals surface area contributed by atoms with Crippen LogP contribution in [0.15, 0.2) is 36.5 Å². The fourth-order valence-electron chi connectivity index (χ4n) is 2.06. The van der Waals surface area contributed by atoms with Gasteiger partial charge in [-0.25, -0.2) is 9.37 Å². The zero-order valence-corrected chi connectivity index (χ0v) is 10.9. The minimum atomic E-state index is -0.341. The van der Waals surface area contributed by atoms with Crippen LogP contribution in [0.4, 0.5) is 10.2 Å². The summed E-state index contributed by atoms with van der Waals surface area (Å²) in [6.45, 7) is 1.89. The molecule has 2 aromatic heterocycles. The second kappa shape index (κ2) is 4.24. The van der Waals surface area contributed by atoms with Crippen molar-refractivity contribution in [2.45, 2.75) is 6.92 Å². The van der Waals surface area contributed by atoms with Gasteiger partial charge in [0, 0.05) is 11.8 Å². The summed E-state index contributed by atoms with van der Waals surface area (Å²) in [5.74, 6) is 0.0359. The molecule has 1 aromatic carbocycles. The smallest absolute Gasteiger partial charge is 0.139 e. The molecule has 0 aliphatic heterocycles. The summed E-state index contributed by atoms with van der Waals surface area (Å²) < 4.78 is 15.6. The van der Waals surface area contributed by atoms with Crippen LogP contribution in [0.1, 0.15) is 5.56 Å². The zero-order chi connectivity index (χ0) is 13.6. The molecule has 0 radical (unpaired) electrons. The van der Waals surface area contributed by atoms with E-state index in [0.29, 0.717) is 27.7 Å². The lowest BCUT2D eigenvalue weighted by Crippen LogP contribution is -1.95. The van der Waals surface area contributed by atoms with Gasteiger partial charge in [-0.05, 0) is 31.2 Å². The number of benzene rings is 1. The van der Waals surface area contributed by atoms with E-state index in [0.717, 1.165) is 5.56 Å². The Hall–Kier alpha value is -2.07. The lowest BCUT2D eigenvalue weighted by molar-refractivity contribution is 0.630. The average molecular weight is 276 g/mol. The van der Waals surface area contributed by atoms with Crippen molar-refractivity contribution in [3.63, 3.8) is 0 Å². The molecule has 0 unspecified atom stereocenters. The van der Waals surface area contributed by atoms with E-state index in [2.05, 4.69) is 4.98 Å². The number of halogens is 2. The van der Waals surface area contributed by atoms with Crippen LogP contribution in [0.5, 0.6) is 0 Å². The number of pyridine rings is 1. The van der Waals surface area contributed by atoms with Gasteiger partial charge in [-0.15, -0.1) is 0 Å². The second-order valence-electron chi connectivity index (χ2n) is 4.40. The molecule has 5 heteroatoms. The van der Waals surface area contributed by atoms with E-state index in [1.165, 1.54) is 6.07 Å². The van der Waals surface area contributed by atoms with Crippen LogP contribution in [-0.4, -0.2) is 9.38 Å². The lowest BCUT2D eigenvalue weighted by atomic mass is 10.1. The predicted octanol–water partition coefficient (Wildman–Crippen LogP) is 3.68. The summed E-state index contributed by atoms with van der Waals surface area (Å²) in [5, 5.41) is 0.549. The van der Waals surface area contributed by atoms with Crippen LogP contribution in [-0.2, 0) is 0 Å². The van der Waals surface area contributed by atoms with Gasteiger partial charge in [0.05, 0.1) is 5.02 Å². The molecule has 3 nitrogen and oxygen atoms in total. The van der Waals surface area contributed by atoms with Crippen LogP contribution in [0, 0.1) is 12.7 Å². The third-order valence-corrected chi connectivity index (χ3v) is 3.22. The van der Waals surface area contributed by atoms with Crippen molar-refractivity contribution in [2.75, 3.05) is 5.73 Å². The van der Waals surface area contributed by atoms with Gasteiger partial charge >= 0.3 is 0 Å². The standard InChI is InChI=1S/C14H11ClFN3/c1-8-2-4-11(16)10(6-8)13-14(17)19-7-9(15)3-5-12(19)18-13/h2-7H,17H2,1H3. The molecule has 96 valence electrons. The monoisotopic (exact) mass is 275 g/mol. The second-order valence-corrected chi connectivity index (χ2v) is 4.84. The fourth-order valence-corrected chi connectivity index (χ4v) is 2.22. The number of imidazole rings is 1. The van der Waals surface area contributed by atoms with Crippen molar-refractivity contribution in [1.29, 1.82) is 0 Å². The minimum absolute atomic E-state index is 0.341. The highest BCUT2D eigenvalue weighted by molar-refractivity contribution is 6.30. The van der Waals surface area contributed by atoms with Crippen LogP contribution >= 0.6 is 11.6 Å². The van der Waals surface area contributed by atoms with Gasteiger partial charge in [0.15, 0.2) is 0 Å². The maximum atomic E-state index is 13.9. The van der Waals surface area contributed by atoms with Gasteiger partial charge < -0.3 is 5.73 Å². The highest BCUT2D eigenvalue weighted by Gasteiger charge is 2.15. The van der Waals surface area contributed by atoms with Crippen molar-refractivity contribution < 1.29 is 4.39 Å². The molecule has 0 fully saturated rings. The third kappa shape index (κ3) is 1.94. The minimum Gasteiger partial charge on any atom is -0.383 e. The Balaban J connectivity index is 2.31. The predicted molar refractivity (Wildman–Crippen MR) is 74.7 cm³/mol. The summed E-state index contributed by atoms with van der Waals surface area (Å²) in [7, 11) is 0. The Morgan fingerprint density at radius 3 is 2.84 bits per heavy atom. The number of hydrogen-bond acceptors (Lipinski definition) is 2. The quantitative estimate of drug-likeness (QED) is 0.736. The number of fused-ring (bicyclic) bond motifs is 1. The third-order valence-electron chi connectivity index (χ3n) is 3.00. The van der Waals surface area contributed by atoms with Gasteiger partial charge in [-0.3, -0.25) is 4.40 Å². The summed E-state index contributed by atoms with van der Waals surface area (Å²) in [5.41, 5.74) is 8.45. The number of aryl methyl sites for hydroxylation is 1. The molecule has 0 spiro atoms. The van der Waals surface area contributed by atoms with E-state index in [4.69, 9.17) is 17.3 Å². The maximum absolute atomic E-state index is 13.9. The fraction of sp³-hybridized carbons (Fsp3) is 0.0714. The Morgan fingerprint density at radius 2 is 2.05 bits per heavy atom. The largest absolute Gasteiger partial charge is 0.383 e. The number of nitrogens with two attached hydrogens (primary N) is 1. The summed E-state index contributed by atoms with van der Waals surface area (Å²) in [6.07, 6.45) is 1.66. The number of aromatic nitrogens is 2. The Labute approximate surface area is 114 Å². The highest BCUT2D eigenvalue weighted by atomic mass is 35.5. The zero-order valence-electron chi connectivity index (χ0n) is 10.2. The van der Waals surface area contributed by atoms with E-state index in [1.54, 1.807) is 34.9 Å². The molecule has 0 atom stereocenters. The summed E-state index contributed by atoms with van der Waals surface area (Å²) >= 11 is 5.92. The Bertz CT molecular complexity index is 780. The van der Waals surface area contributed by atoms with Gasteiger partial charge in [0.2, 0.25) is 0 Å². The molecule has 0 aliphatic rings. The Kier molecular flexibility index (Phi) is 2.68. The molecule has 0 aliphatic carbocycles. The molecule has 0 saturated heterocycles. The molecule has 0 bridgehead atoms. The van der Waals surface area contributed by atoms with Crippen LogP contribution < -0.4 is 5.73 Å². The topological polar surface area (TPSA) is 43.3 Å². The summed E-state index contributed by atoms with van der Waals surface area (Å²) in [6, 6.07) is 8.33.